The molecule has 4 rings (SSSR count). The monoisotopic (exact) mass is 475 g/mol. The van der Waals surface area contributed by atoms with E-state index in [1.165, 1.54) is 12.1 Å². The first-order chi connectivity index (χ1) is 15.1. The Bertz CT molecular complexity index is 1070. The van der Waals surface area contributed by atoms with Crippen molar-refractivity contribution in [2.75, 3.05) is 13.1 Å². The molecule has 2 unspecified atom stereocenters. The smallest absolute Gasteiger partial charge is 0.126 e. The normalized spacial score (nSPS) is 17.1. The molecular weight excluding hydrogens is 451 g/mol. The number of hydrogen-bond donors (Lipinski definition) is 1. The molecular formula is C26H25Cl2F2NO. The van der Waals surface area contributed by atoms with Crippen LogP contribution in [0.5, 0.6) is 0 Å². The summed E-state index contributed by atoms with van der Waals surface area (Å²) in [6, 6.07) is 18.8. The molecule has 0 aromatic heterocycles. The largest absolute Gasteiger partial charge is 0.390 e. The highest BCUT2D eigenvalue weighted by atomic mass is 35.5. The van der Waals surface area contributed by atoms with E-state index in [9.17, 15) is 13.9 Å². The lowest BCUT2D eigenvalue weighted by Crippen LogP contribution is -2.54. The van der Waals surface area contributed by atoms with Crippen molar-refractivity contribution in [2.24, 2.45) is 5.92 Å². The Hall–Kier alpha value is -1.98. The van der Waals surface area contributed by atoms with Gasteiger partial charge in [0.1, 0.15) is 11.6 Å². The fourth-order valence-corrected chi connectivity index (χ4v) is 5.28. The number of benzene rings is 3. The van der Waals surface area contributed by atoms with Crippen molar-refractivity contribution in [2.45, 2.75) is 31.4 Å². The molecule has 0 saturated carbocycles. The van der Waals surface area contributed by atoms with E-state index in [2.05, 4.69) is 4.90 Å². The lowest BCUT2D eigenvalue weighted by molar-refractivity contribution is -0.0309. The van der Waals surface area contributed by atoms with E-state index >= 15 is 0 Å². The molecule has 1 N–H and O–H groups in total. The SMILES string of the molecule is CC(C)(O)C(c1cc(F)cc(F)c1)C1CN(C(c2ccc(Cl)cc2)c2ccccc2Cl)C1. The molecule has 0 aliphatic carbocycles. The summed E-state index contributed by atoms with van der Waals surface area (Å²) in [5.41, 5.74) is 1.36. The number of aliphatic hydroxyl groups is 1. The van der Waals surface area contributed by atoms with Crippen LogP contribution in [0.3, 0.4) is 0 Å². The fraction of sp³-hybridized carbons (Fsp3) is 0.308. The third-order valence-corrected chi connectivity index (χ3v) is 6.76. The molecule has 1 aliphatic rings. The maximum absolute atomic E-state index is 13.9. The van der Waals surface area contributed by atoms with E-state index in [4.69, 9.17) is 23.2 Å². The average molecular weight is 476 g/mol. The third kappa shape index (κ3) is 4.84. The predicted octanol–water partition coefficient (Wildman–Crippen LogP) is 6.85. The number of halogens is 4. The molecule has 6 heteroatoms. The van der Waals surface area contributed by atoms with E-state index in [0.717, 1.165) is 17.2 Å². The van der Waals surface area contributed by atoms with Gasteiger partial charge in [-0.2, -0.15) is 0 Å². The van der Waals surface area contributed by atoms with Crippen LogP contribution >= 0.6 is 23.2 Å². The molecule has 2 nitrogen and oxygen atoms in total. The van der Waals surface area contributed by atoms with E-state index in [0.29, 0.717) is 28.7 Å². The van der Waals surface area contributed by atoms with Gasteiger partial charge in [0.25, 0.3) is 0 Å². The summed E-state index contributed by atoms with van der Waals surface area (Å²) in [6.07, 6.45) is 0. The van der Waals surface area contributed by atoms with E-state index in [1.807, 2.05) is 48.5 Å². The summed E-state index contributed by atoms with van der Waals surface area (Å²) in [5, 5.41) is 12.2. The van der Waals surface area contributed by atoms with Gasteiger partial charge in [-0.05, 0) is 66.8 Å². The van der Waals surface area contributed by atoms with E-state index in [-0.39, 0.29) is 12.0 Å². The third-order valence-electron chi connectivity index (χ3n) is 6.17. The minimum atomic E-state index is -1.14. The topological polar surface area (TPSA) is 23.5 Å². The van der Waals surface area contributed by atoms with Crippen molar-refractivity contribution >= 4 is 23.2 Å². The Morgan fingerprint density at radius 2 is 1.50 bits per heavy atom. The standard InChI is InChI=1S/C26H25Cl2F2NO/c1-26(2,32)24(17-11-20(29)13-21(30)12-17)18-14-31(15-18)25(16-7-9-19(27)10-8-16)22-5-3-4-6-23(22)28/h3-13,18,24-25,32H,14-15H2,1-2H3. The second kappa shape index (κ2) is 9.11. The molecule has 2 atom stereocenters. The Morgan fingerprint density at radius 3 is 2.06 bits per heavy atom. The van der Waals surface area contributed by atoms with Crippen LogP contribution in [0.2, 0.25) is 10.0 Å². The summed E-state index contributed by atoms with van der Waals surface area (Å²) in [7, 11) is 0. The second-order valence-corrected chi connectivity index (χ2v) is 9.87. The summed E-state index contributed by atoms with van der Waals surface area (Å²) in [6.45, 7) is 4.67. The van der Waals surface area contributed by atoms with Gasteiger partial charge in [0.2, 0.25) is 0 Å². The number of hydrogen-bond acceptors (Lipinski definition) is 2. The van der Waals surface area contributed by atoms with E-state index in [1.54, 1.807) is 13.8 Å². The van der Waals surface area contributed by atoms with Gasteiger partial charge in [0.05, 0.1) is 11.6 Å². The molecule has 0 bridgehead atoms. The highest BCUT2D eigenvalue weighted by molar-refractivity contribution is 6.31. The molecule has 3 aromatic rings. The molecule has 1 heterocycles. The number of nitrogens with zero attached hydrogens (tertiary/aromatic N) is 1. The Labute approximate surface area is 197 Å². The minimum Gasteiger partial charge on any atom is -0.390 e. The van der Waals surface area contributed by atoms with Crippen LogP contribution in [0.1, 0.15) is 42.5 Å². The van der Waals surface area contributed by atoms with E-state index < -0.39 is 23.2 Å². The van der Waals surface area contributed by atoms with Gasteiger partial charge in [-0.1, -0.05) is 53.5 Å². The van der Waals surface area contributed by atoms with Gasteiger partial charge in [0, 0.05) is 35.1 Å². The Balaban J connectivity index is 1.65. The van der Waals surface area contributed by atoms with Crippen LogP contribution in [0.4, 0.5) is 8.78 Å². The first-order valence-corrected chi connectivity index (χ1v) is 11.3. The number of likely N-dealkylation sites (tertiary alicyclic amines) is 1. The highest BCUT2D eigenvalue weighted by Crippen LogP contribution is 2.45. The molecule has 0 radical (unpaired) electrons. The second-order valence-electron chi connectivity index (χ2n) is 9.02. The fourth-order valence-electron chi connectivity index (χ4n) is 4.91. The van der Waals surface area contributed by atoms with Crippen LogP contribution in [0.25, 0.3) is 0 Å². The highest BCUT2D eigenvalue weighted by Gasteiger charge is 2.44. The van der Waals surface area contributed by atoms with Gasteiger partial charge in [-0.15, -0.1) is 0 Å². The van der Waals surface area contributed by atoms with Crippen molar-refractivity contribution in [1.29, 1.82) is 0 Å². The molecule has 1 saturated heterocycles. The molecule has 3 aromatic carbocycles. The van der Waals surface area contributed by atoms with Gasteiger partial charge >= 0.3 is 0 Å². The number of rotatable bonds is 6. The van der Waals surface area contributed by atoms with Crippen molar-refractivity contribution in [3.8, 4) is 0 Å². The molecule has 1 aliphatic heterocycles. The summed E-state index contributed by atoms with van der Waals surface area (Å²) in [5.74, 6) is -1.67. The molecule has 168 valence electrons. The van der Waals surface area contributed by atoms with Gasteiger partial charge in [-0.3, -0.25) is 4.90 Å². The zero-order chi connectivity index (χ0) is 23.0. The minimum absolute atomic E-state index is 0.0217. The molecule has 0 spiro atoms. The summed E-state index contributed by atoms with van der Waals surface area (Å²) >= 11 is 12.7. The zero-order valence-electron chi connectivity index (χ0n) is 17.9. The van der Waals surface area contributed by atoms with Crippen molar-refractivity contribution in [3.63, 3.8) is 0 Å². The van der Waals surface area contributed by atoms with Crippen molar-refractivity contribution in [3.05, 3.63) is 105 Å². The molecule has 0 amide bonds. The molecule has 32 heavy (non-hydrogen) atoms. The van der Waals surface area contributed by atoms with Crippen LogP contribution < -0.4 is 0 Å². The summed E-state index contributed by atoms with van der Waals surface area (Å²) in [4.78, 5) is 2.27. The first-order valence-electron chi connectivity index (χ1n) is 10.6. The lowest BCUT2D eigenvalue weighted by atomic mass is 9.71. The van der Waals surface area contributed by atoms with Crippen LogP contribution in [0.15, 0.2) is 66.7 Å². The van der Waals surface area contributed by atoms with Crippen LogP contribution in [-0.4, -0.2) is 28.7 Å². The maximum atomic E-state index is 13.9. The van der Waals surface area contributed by atoms with Crippen molar-refractivity contribution < 1.29 is 13.9 Å². The van der Waals surface area contributed by atoms with Gasteiger partial charge < -0.3 is 5.11 Å². The Kier molecular flexibility index (Phi) is 6.60. The average Bonchev–Trinajstić information content (AvgIpc) is 2.67. The van der Waals surface area contributed by atoms with Gasteiger partial charge in [0.15, 0.2) is 0 Å². The van der Waals surface area contributed by atoms with Crippen LogP contribution in [0, 0.1) is 17.6 Å². The quantitative estimate of drug-likeness (QED) is 0.421. The van der Waals surface area contributed by atoms with Crippen LogP contribution in [-0.2, 0) is 0 Å². The maximum Gasteiger partial charge on any atom is 0.126 e. The molecule has 1 fully saturated rings. The Morgan fingerprint density at radius 1 is 0.906 bits per heavy atom. The summed E-state index contributed by atoms with van der Waals surface area (Å²) < 4.78 is 27.9. The van der Waals surface area contributed by atoms with Gasteiger partial charge in [-0.25, -0.2) is 8.78 Å². The zero-order valence-corrected chi connectivity index (χ0v) is 19.4. The van der Waals surface area contributed by atoms with Crippen molar-refractivity contribution in [1.82, 2.24) is 4.90 Å². The predicted molar refractivity (Wildman–Crippen MR) is 125 cm³/mol. The lowest BCUT2D eigenvalue weighted by Gasteiger charge is -2.50. The first kappa shape index (κ1) is 23.2.